The van der Waals surface area contributed by atoms with Crippen molar-refractivity contribution < 1.29 is 0 Å². The molecule has 8 aromatic carbocycles. The van der Waals surface area contributed by atoms with E-state index in [1.807, 2.05) is 18.2 Å². The topological polar surface area (TPSA) is 0 Å². The maximum absolute atomic E-state index is 2.54. The molecule has 0 bridgehead atoms. The van der Waals surface area contributed by atoms with Crippen molar-refractivity contribution in [3.63, 3.8) is 0 Å². The van der Waals surface area contributed by atoms with Crippen LogP contribution in [0.2, 0.25) is 0 Å². The standard InChI is InChI=1S/C38H42.C30H30.C7H8.C3H8/c1-9-15-25-16-11-12-17-27(25)32-24(4)33-28-18-13-14-19-30(28)37(5,6)35(33)36-34(32)29-21-20-26(23(3)10-2)22-31(29)38(36,7)8;1-19-15-16-24-26(17-19)30(4,5)27-18-25(22-12-7-6-8-13-22)21(3)28(29(24)27)23-14-10-9-11-20(23)2;1-7-5-3-2-4-6-7;1-3-2/h11-14,16-23H,9-10,15H2,1-8H3;6-8,11-18H,9-10H2,1-5H3;2-6H,1H3;3H2,1-2H3. The van der Waals surface area contributed by atoms with Crippen molar-refractivity contribution in [1.82, 2.24) is 0 Å². The predicted molar refractivity (Wildman–Crippen MR) is 341 cm³/mol. The molecule has 78 heavy (non-hydrogen) atoms. The molecule has 0 heterocycles. The van der Waals surface area contributed by atoms with Crippen LogP contribution in [0.1, 0.15) is 193 Å². The summed E-state index contributed by atoms with van der Waals surface area (Å²) in [4.78, 5) is 0. The van der Waals surface area contributed by atoms with Crippen LogP contribution in [0.3, 0.4) is 0 Å². The minimum Gasteiger partial charge on any atom is -0.0807 e. The molecule has 0 radical (unpaired) electrons. The van der Waals surface area contributed by atoms with Crippen molar-refractivity contribution >= 4 is 5.57 Å². The van der Waals surface area contributed by atoms with Crippen molar-refractivity contribution in [2.45, 2.75) is 171 Å². The van der Waals surface area contributed by atoms with Crippen molar-refractivity contribution in [2.24, 2.45) is 0 Å². The lowest BCUT2D eigenvalue weighted by molar-refractivity contribution is 0.599. The molecule has 400 valence electrons. The Labute approximate surface area is 471 Å². The molecular formula is C78H88. The van der Waals surface area contributed by atoms with Crippen LogP contribution < -0.4 is 0 Å². The summed E-state index contributed by atoms with van der Waals surface area (Å²) >= 11 is 0. The summed E-state index contributed by atoms with van der Waals surface area (Å²) in [5, 5.41) is 0. The molecule has 0 aromatic heterocycles. The number of fused-ring (bicyclic) bond motifs is 10. The maximum Gasteiger partial charge on any atom is 0.0162 e. The van der Waals surface area contributed by atoms with Gasteiger partial charge in [0, 0.05) is 16.2 Å². The molecule has 4 aliphatic rings. The van der Waals surface area contributed by atoms with E-state index in [1.165, 1.54) is 141 Å². The molecule has 1 atom stereocenters. The van der Waals surface area contributed by atoms with Gasteiger partial charge < -0.3 is 0 Å². The molecule has 1 unspecified atom stereocenters. The Morgan fingerprint density at radius 1 is 0.423 bits per heavy atom. The highest BCUT2D eigenvalue weighted by molar-refractivity contribution is 6.03. The van der Waals surface area contributed by atoms with E-state index in [2.05, 4.69) is 256 Å². The van der Waals surface area contributed by atoms with E-state index in [1.54, 1.807) is 11.1 Å². The van der Waals surface area contributed by atoms with E-state index in [0.29, 0.717) is 5.92 Å². The highest BCUT2D eigenvalue weighted by Gasteiger charge is 2.48. The van der Waals surface area contributed by atoms with E-state index in [9.17, 15) is 0 Å². The van der Waals surface area contributed by atoms with Crippen LogP contribution in [0.25, 0.3) is 61.2 Å². The van der Waals surface area contributed by atoms with Gasteiger partial charge in [-0.2, -0.15) is 0 Å². The van der Waals surface area contributed by atoms with Crippen LogP contribution in [-0.2, 0) is 22.7 Å². The van der Waals surface area contributed by atoms with Gasteiger partial charge >= 0.3 is 0 Å². The zero-order chi connectivity index (χ0) is 55.8. The maximum atomic E-state index is 2.54. The minimum atomic E-state index is -0.0698. The first kappa shape index (κ1) is 56.0. The normalized spacial score (nSPS) is 15.4. The second-order valence-corrected chi connectivity index (χ2v) is 24.6. The molecule has 0 saturated heterocycles. The van der Waals surface area contributed by atoms with Crippen LogP contribution in [-0.4, -0.2) is 0 Å². The number of allylic oxidation sites excluding steroid dienone is 4. The monoisotopic (exact) mass is 1020 g/mol. The van der Waals surface area contributed by atoms with Gasteiger partial charge in [-0.25, -0.2) is 0 Å². The molecule has 0 amide bonds. The highest BCUT2D eigenvalue weighted by Crippen LogP contribution is 2.63. The van der Waals surface area contributed by atoms with Crippen LogP contribution in [0.4, 0.5) is 0 Å². The lowest BCUT2D eigenvalue weighted by Crippen LogP contribution is -2.24. The molecule has 0 N–H and O–H groups in total. The molecule has 12 rings (SSSR count). The van der Waals surface area contributed by atoms with Crippen LogP contribution in [0, 0.1) is 27.7 Å². The molecule has 0 spiro atoms. The molecule has 8 aromatic rings. The summed E-state index contributed by atoms with van der Waals surface area (Å²) < 4.78 is 0. The SMILES string of the molecule is CC1=CCCC=C1c1c(C)c(-c2ccccc2)cc2c1-c1ccc(C)cc1C2(C)C.CCC.CCCc1ccccc1-c1c(C)c2c(c3c1-c1ccc(C(C)CC)cc1C3(C)C)C(C)(C)c1ccccc1-2.Cc1ccccc1. The molecule has 0 fully saturated rings. The van der Waals surface area contributed by atoms with Gasteiger partial charge in [0.1, 0.15) is 0 Å². The fourth-order valence-electron chi connectivity index (χ4n) is 13.7. The summed E-state index contributed by atoms with van der Waals surface area (Å²) in [5.41, 5.74) is 35.8. The van der Waals surface area contributed by atoms with Crippen molar-refractivity contribution in [2.75, 3.05) is 0 Å². The summed E-state index contributed by atoms with van der Waals surface area (Å²) in [7, 11) is 0. The van der Waals surface area contributed by atoms with Gasteiger partial charge in [0.2, 0.25) is 0 Å². The third-order valence-electron chi connectivity index (χ3n) is 17.9. The molecule has 4 aliphatic carbocycles. The average molecular weight is 1030 g/mol. The van der Waals surface area contributed by atoms with Crippen LogP contribution in [0.15, 0.2) is 169 Å². The largest absolute Gasteiger partial charge is 0.0807 e. The summed E-state index contributed by atoms with van der Waals surface area (Å²) in [6, 6.07) is 56.4. The van der Waals surface area contributed by atoms with Crippen molar-refractivity contribution in [3.05, 3.63) is 242 Å². The van der Waals surface area contributed by atoms with E-state index in [0.717, 1.165) is 25.7 Å². The molecule has 0 saturated carbocycles. The first-order valence-electron chi connectivity index (χ1n) is 29.6. The molecule has 0 heteroatoms. The van der Waals surface area contributed by atoms with Crippen molar-refractivity contribution in [1.29, 1.82) is 0 Å². The molecule has 0 nitrogen and oxygen atoms in total. The second-order valence-electron chi connectivity index (χ2n) is 24.6. The zero-order valence-electron chi connectivity index (χ0n) is 50.4. The first-order chi connectivity index (χ1) is 37.3. The number of rotatable bonds is 7. The van der Waals surface area contributed by atoms with E-state index >= 15 is 0 Å². The van der Waals surface area contributed by atoms with E-state index in [-0.39, 0.29) is 16.2 Å². The quantitative estimate of drug-likeness (QED) is 0.149. The van der Waals surface area contributed by atoms with Crippen molar-refractivity contribution in [3.8, 4) is 55.6 Å². The van der Waals surface area contributed by atoms with Gasteiger partial charge in [0.05, 0.1) is 0 Å². The lowest BCUT2D eigenvalue weighted by atomic mass is 9.70. The first-order valence-corrected chi connectivity index (χ1v) is 29.6. The van der Waals surface area contributed by atoms with Gasteiger partial charge in [-0.05, 0) is 200 Å². The predicted octanol–water partition coefficient (Wildman–Crippen LogP) is 22.6. The zero-order valence-corrected chi connectivity index (χ0v) is 50.4. The minimum absolute atomic E-state index is 0.00445. The van der Waals surface area contributed by atoms with Gasteiger partial charge in [0.25, 0.3) is 0 Å². The van der Waals surface area contributed by atoms with Gasteiger partial charge in [0.15, 0.2) is 0 Å². The summed E-state index contributed by atoms with van der Waals surface area (Å²) in [6.07, 6.45) is 11.8. The number of benzene rings is 8. The Morgan fingerprint density at radius 2 is 0.974 bits per heavy atom. The van der Waals surface area contributed by atoms with Crippen LogP contribution >= 0.6 is 0 Å². The van der Waals surface area contributed by atoms with E-state index < -0.39 is 0 Å². The second kappa shape index (κ2) is 22.5. The van der Waals surface area contributed by atoms with Gasteiger partial charge in [-0.15, -0.1) is 0 Å². The fraction of sp³-hybridized carbons (Fsp3) is 0.333. The third-order valence-corrected chi connectivity index (χ3v) is 17.9. The Bertz CT molecular complexity index is 3560. The lowest BCUT2D eigenvalue weighted by Gasteiger charge is -2.32. The van der Waals surface area contributed by atoms with E-state index in [4.69, 9.17) is 0 Å². The third kappa shape index (κ3) is 9.82. The summed E-state index contributed by atoms with van der Waals surface area (Å²) in [5.74, 6) is 0.567. The number of aryl methyl sites for hydroxylation is 3. The van der Waals surface area contributed by atoms with Crippen LogP contribution in [0.5, 0.6) is 0 Å². The van der Waals surface area contributed by atoms with Gasteiger partial charge in [-0.1, -0.05) is 258 Å². The highest BCUT2D eigenvalue weighted by atomic mass is 14.5. The summed E-state index contributed by atoms with van der Waals surface area (Å²) in [6.45, 7) is 37.1. The van der Waals surface area contributed by atoms with Gasteiger partial charge in [-0.3, -0.25) is 0 Å². The average Bonchev–Trinajstić information content (AvgIpc) is 4.15. The molecule has 0 aliphatic heterocycles. The Morgan fingerprint density at radius 3 is 1.62 bits per heavy atom. The Hall–Kier alpha value is -6.76. The Kier molecular flexibility index (Phi) is 16.2. The number of hydrogen-bond donors (Lipinski definition) is 0. The smallest absolute Gasteiger partial charge is 0.0162 e. The Balaban J connectivity index is 0.000000164. The fourth-order valence-corrected chi connectivity index (χ4v) is 13.7. The molecular weight excluding hydrogens is 937 g/mol. The number of hydrogen-bond acceptors (Lipinski definition) is 0.